The Kier molecular flexibility index (Phi) is 3.48. The first-order valence-electron chi connectivity index (χ1n) is 7.43. The second-order valence-electron chi connectivity index (χ2n) is 6.09. The summed E-state index contributed by atoms with van der Waals surface area (Å²) in [6.45, 7) is 2.19. The average Bonchev–Trinajstić information content (AvgIpc) is 2.97. The van der Waals surface area contributed by atoms with Crippen molar-refractivity contribution >= 4 is 11.9 Å². The number of carbonyl (C=O) groups excluding carboxylic acids is 1. The van der Waals surface area contributed by atoms with Crippen molar-refractivity contribution in [3.05, 3.63) is 0 Å². The summed E-state index contributed by atoms with van der Waals surface area (Å²) >= 11 is 0. The second kappa shape index (κ2) is 5.12. The molecule has 5 heteroatoms. The van der Waals surface area contributed by atoms with E-state index in [0.717, 1.165) is 45.2 Å². The van der Waals surface area contributed by atoms with Crippen molar-refractivity contribution in [2.75, 3.05) is 19.6 Å². The maximum absolute atomic E-state index is 12.3. The highest BCUT2D eigenvalue weighted by atomic mass is 16.4. The molecule has 3 saturated heterocycles. The van der Waals surface area contributed by atoms with E-state index in [1.54, 1.807) is 0 Å². The van der Waals surface area contributed by atoms with Gasteiger partial charge in [-0.3, -0.25) is 14.5 Å². The summed E-state index contributed by atoms with van der Waals surface area (Å²) in [5.41, 5.74) is 0. The van der Waals surface area contributed by atoms with Gasteiger partial charge in [0.2, 0.25) is 5.91 Å². The molecule has 3 aliphatic rings. The molecular weight excluding hydrogens is 244 g/mol. The van der Waals surface area contributed by atoms with Gasteiger partial charge in [0.1, 0.15) is 0 Å². The summed E-state index contributed by atoms with van der Waals surface area (Å²) in [5.74, 6) is -0.752. The molecule has 3 atom stereocenters. The number of hydrogen-bond donors (Lipinski definition) is 1. The molecule has 0 aromatic carbocycles. The summed E-state index contributed by atoms with van der Waals surface area (Å²) in [6, 6.07) is 0.413. The normalized spacial score (nSPS) is 34.7. The number of nitrogens with zero attached hydrogens (tertiary/aromatic N) is 2. The molecule has 0 aromatic rings. The van der Waals surface area contributed by atoms with Crippen LogP contribution in [-0.2, 0) is 9.59 Å². The van der Waals surface area contributed by atoms with Gasteiger partial charge in [-0.05, 0) is 38.5 Å². The molecule has 3 rings (SSSR count). The Hall–Kier alpha value is -1.10. The van der Waals surface area contributed by atoms with Crippen LogP contribution in [0.2, 0.25) is 0 Å². The van der Waals surface area contributed by atoms with Crippen LogP contribution in [-0.4, -0.2) is 58.5 Å². The molecule has 2 bridgehead atoms. The number of carbonyl (C=O) groups is 2. The molecule has 3 unspecified atom stereocenters. The highest BCUT2D eigenvalue weighted by Gasteiger charge is 2.49. The van der Waals surface area contributed by atoms with Gasteiger partial charge >= 0.3 is 5.97 Å². The molecule has 0 radical (unpaired) electrons. The molecule has 5 nitrogen and oxygen atoms in total. The van der Waals surface area contributed by atoms with Crippen LogP contribution in [0.1, 0.15) is 38.5 Å². The lowest BCUT2D eigenvalue weighted by molar-refractivity contribution is -0.143. The summed E-state index contributed by atoms with van der Waals surface area (Å²) in [7, 11) is 0. The third-order valence-electron chi connectivity index (χ3n) is 5.02. The van der Waals surface area contributed by atoms with Crippen molar-refractivity contribution in [2.45, 2.75) is 50.6 Å². The fourth-order valence-electron chi connectivity index (χ4n) is 4.01. The quantitative estimate of drug-likeness (QED) is 0.825. The van der Waals surface area contributed by atoms with Gasteiger partial charge in [0.15, 0.2) is 0 Å². The van der Waals surface area contributed by atoms with E-state index in [0.29, 0.717) is 12.6 Å². The van der Waals surface area contributed by atoms with Gasteiger partial charge in [0.25, 0.3) is 0 Å². The standard InChI is InChI=1S/C14H22N2O3/c17-13(15-6-2-1-3-7-15)9-16-10-4-5-12(16)11(8-10)14(18)19/h10-12H,1-9H2,(H,18,19). The Labute approximate surface area is 113 Å². The van der Waals surface area contributed by atoms with Gasteiger partial charge in [-0.25, -0.2) is 0 Å². The Balaban J connectivity index is 1.61. The molecule has 1 amide bonds. The van der Waals surface area contributed by atoms with Crippen LogP contribution in [0.25, 0.3) is 0 Å². The Morgan fingerprint density at radius 3 is 2.47 bits per heavy atom. The zero-order valence-corrected chi connectivity index (χ0v) is 11.3. The zero-order chi connectivity index (χ0) is 13.4. The van der Waals surface area contributed by atoms with E-state index in [1.165, 1.54) is 6.42 Å². The fraction of sp³-hybridized carbons (Fsp3) is 0.857. The van der Waals surface area contributed by atoms with Crippen molar-refractivity contribution in [1.82, 2.24) is 9.80 Å². The van der Waals surface area contributed by atoms with E-state index in [4.69, 9.17) is 0 Å². The van der Waals surface area contributed by atoms with Crippen molar-refractivity contribution in [3.8, 4) is 0 Å². The van der Waals surface area contributed by atoms with Crippen LogP contribution in [0.4, 0.5) is 0 Å². The predicted octanol–water partition coefficient (Wildman–Crippen LogP) is 0.936. The number of piperidine rings is 1. The van der Waals surface area contributed by atoms with Gasteiger partial charge in [0, 0.05) is 25.2 Å². The molecule has 1 N–H and O–H groups in total. The first kappa shape index (κ1) is 12.9. The highest BCUT2D eigenvalue weighted by molar-refractivity contribution is 5.79. The third-order valence-corrected chi connectivity index (χ3v) is 5.02. The lowest BCUT2D eigenvalue weighted by Gasteiger charge is -2.30. The number of likely N-dealkylation sites (tertiary alicyclic amines) is 1. The first-order chi connectivity index (χ1) is 9.16. The van der Waals surface area contributed by atoms with E-state index >= 15 is 0 Å². The summed E-state index contributed by atoms with van der Waals surface area (Å²) in [4.78, 5) is 27.6. The number of carboxylic acids is 1. The van der Waals surface area contributed by atoms with E-state index in [1.807, 2.05) is 4.90 Å². The molecule has 0 spiro atoms. The zero-order valence-electron chi connectivity index (χ0n) is 11.3. The number of hydrogen-bond acceptors (Lipinski definition) is 3. The molecule has 3 heterocycles. The van der Waals surface area contributed by atoms with E-state index < -0.39 is 5.97 Å². The van der Waals surface area contributed by atoms with Crippen LogP contribution < -0.4 is 0 Å². The molecule has 0 aromatic heterocycles. The predicted molar refractivity (Wildman–Crippen MR) is 69.7 cm³/mol. The number of fused-ring (bicyclic) bond motifs is 2. The van der Waals surface area contributed by atoms with Crippen molar-refractivity contribution < 1.29 is 14.7 Å². The second-order valence-corrected chi connectivity index (χ2v) is 6.09. The van der Waals surface area contributed by atoms with Crippen LogP contribution in [0.5, 0.6) is 0 Å². The van der Waals surface area contributed by atoms with Gasteiger partial charge in [-0.2, -0.15) is 0 Å². The topological polar surface area (TPSA) is 60.9 Å². The molecule has 0 aliphatic carbocycles. The molecule has 3 fully saturated rings. The monoisotopic (exact) mass is 266 g/mol. The number of aliphatic carboxylic acids is 1. The fourth-order valence-corrected chi connectivity index (χ4v) is 4.01. The number of rotatable bonds is 3. The van der Waals surface area contributed by atoms with E-state index in [2.05, 4.69) is 4.90 Å². The smallest absolute Gasteiger partial charge is 0.308 e. The van der Waals surface area contributed by atoms with E-state index in [9.17, 15) is 14.7 Å². The summed E-state index contributed by atoms with van der Waals surface area (Å²) in [6.07, 6.45) is 6.16. The summed E-state index contributed by atoms with van der Waals surface area (Å²) < 4.78 is 0. The maximum atomic E-state index is 12.3. The van der Waals surface area contributed by atoms with Gasteiger partial charge in [-0.1, -0.05) is 0 Å². The summed E-state index contributed by atoms with van der Waals surface area (Å²) in [5, 5.41) is 9.21. The Morgan fingerprint density at radius 1 is 1.11 bits per heavy atom. The minimum atomic E-state index is -0.692. The van der Waals surface area contributed by atoms with Crippen LogP contribution in [0, 0.1) is 5.92 Å². The van der Waals surface area contributed by atoms with Crippen molar-refractivity contribution in [1.29, 1.82) is 0 Å². The Morgan fingerprint density at radius 2 is 1.84 bits per heavy atom. The number of amides is 1. The maximum Gasteiger partial charge on any atom is 0.308 e. The molecule has 0 saturated carbocycles. The van der Waals surface area contributed by atoms with Gasteiger partial charge in [-0.15, -0.1) is 0 Å². The third kappa shape index (κ3) is 2.36. The van der Waals surface area contributed by atoms with Crippen molar-refractivity contribution in [3.63, 3.8) is 0 Å². The van der Waals surface area contributed by atoms with Gasteiger partial charge in [0.05, 0.1) is 12.5 Å². The SMILES string of the molecule is O=C(O)C1CC2CCC1N2CC(=O)N1CCCCC1. The largest absolute Gasteiger partial charge is 0.481 e. The molecule has 19 heavy (non-hydrogen) atoms. The molecule has 3 aliphatic heterocycles. The number of carboxylic acid groups (broad SMARTS) is 1. The average molecular weight is 266 g/mol. The molecule has 106 valence electrons. The molecular formula is C14H22N2O3. The van der Waals surface area contributed by atoms with Crippen molar-refractivity contribution in [2.24, 2.45) is 5.92 Å². The van der Waals surface area contributed by atoms with E-state index in [-0.39, 0.29) is 17.9 Å². The van der Waals surface area contributed by atoms with Gasteiger partial charge < -0.3 is 10.0 Å². The lowest BCUT2D eigenvalue weighted by Crippen LogP contribution is -2.45. The minimum Gasteiger partial charge on any atom is -0.481 e. The first-order valence-corrected chi connectivity index (χ1v) is 7.43. The van der Waals surface area contributed by atoms with Crippen LogP contribution in [0.15, 0.2) is 0 Å². The van der Waals surface area contributed by atoms with Crippen LogP contribution in [0.3, 0.4) is 0 Å². The highest BCUT2D eigenvalue weighted by Crippen LogP contribution is 2.41. The van der Waals surface area contributed by atoms with Crippen LogP contribution >= 0.6 is 0 Å². The Bertz CT molecular complexity index is 379. The minimum absolute atomic E-state index is 0.0937. The lowest BCUT2D eigenvalue weighted by atomic mass is 9.89.